The first-order valence-corrected chi connectivity index (χ1v) is 9.70. The van der Waals surface area contributed by atoms with E-state index in [1.165, 1.54) is 6.92 Å². The maximum Gasteiger partial charge on any atom is 0.340 e. The molecule has 4 aromatic rings. The van der Waals surface area contributed by atoms with E-state index in [2.05, 4.69) is 5.10 Å². The predicted octanol–water partition coefficient (Wildman–Crippen LogP) is 4.87. The molecule has 0 radical (unpaired) electrons. The molecule has 0 aliphatic carbocycles. The van der Waals surface area contributed by atoms with Crippen LogP contribution in [0.5, 0.6) is 0 Å². The maximum absolute atomic E-state index is 12.8. The Morgan fingerprint density at radius 3 is 2.63 bits per heavy atom. The Morgan fingerprint density at radius 1 is 1.20 bits per heavy atom. The summed E-state index contributed by atoms with van der Waals surface area (Å²) in [7, 11) is 0. The first-order valence-electron chi connectivity index (χ1n) is 9.32. The average Bonchev–Trinajstić information content (AvgIpc) is 3.17. The van der Waals surface area contributed by atoms with Gasteiger partial charge in [0.15, 0.2) is 11.8 Å². The van der Waals surface area contributed by atoms with Gasteiger partial charge in [0.05, 0.1) is 29.4 Å². The highest BCUT2D eigenvalue weighted by molar-refractivity contribution is 6.30. The molecule has 0 aliphatic rings. The molecule has 0 amide bonds. The molecular formula is C23H17ClN4O2. The molecule has 2 aromatic carbocycles. The number of esters is 1. The van der Waals surface area contributed by atoms with Crippen LogP contribution in [0.25, 0.3) is 22.3 Å². The molecule has 1 atom stereocenters. The second-order valence-electron chi connectivity index (χ2n) is 6.76. The van der Waals surface area contributed by atoms with E-state index in [-0.39, 0.29) is 0 Å². The first-order chi connectivity index (χ1) is 14.5. The second-order valence-corrected chi connectivity index (χ2v) is 7.20. The Bertz CT molecular complexity index is 1240. The first kappa shape index (κ1) is 19.6. The predicted molar refractivity (Wildman–Crippen MR) is 114 cm³/mol. The van der Waals surface area contributed by atoms with E-state index >= 15 is 0 Å². The Kier molecular flexibility index (Phi) is 5.46. The van der Waals surface area contributed by atoms with Gasteiger partial charge >= 0.3 is 5.97 Å². The summed E-state index contributed by atoms with van der Waals surface area (Å²) in [5, 5.41) is 14.7. The molecule has 30 heavy (non-hydrogen) atoms. The third kappa shape index (κ3) is 4.02. The van der Waals surface area contributed by atoms with E-state index in [1.807, 2.05) is 60.7 Å². The van der Waals surface area contributed by atoms with E-state index in [0.717, 1.165) is 11.1 Å². The standard InChI is InChI=1S/C23H17ClN4O2/c1-15(12-25)30-23(29)19-11-21(17-5-3-2-4-6-17)27-22-20(19)13-26-28(22)14-16-7-9-18(24)10-8-16/h2-11,13,15H,14H2,1H3/t15-/m1/s1. The number of halogens is 1. The summed E-state index contributed by atoms with van der Waals surface area (Å²) >= 11 is 5.98. The summed E-state index contributed by atoms with van der Waals surface area (Å²) in [6.45, 7) is 1.99. The zero-order valence-electron chi connectivity index (χ0n) is 16.1. The van der Waals surface area contributed by atoms with Gasteiger partial charge in [0.25, 0.3) is 0 Å². The number of fused-ring (bicyclic) bond motifs is 1. The van der Waals surface area contributed by atoms with Crippen molar-refractivity contribution in [1.82, 2.24) is 14.8 Å². The highest BCUT2D eigenvalue weighted by Crippen LogP contribution is 2.26. The number of hydrogen-bond acceptors (Lipinski definition) is 5. The number of ether oxygens (including phenoxy) is 1. The summed E-state index contributed by atoms with van der Waals surface area (Å²) in [4.78, 5) is 17.5. The zero-order valence-corrected chi connectivity index (χ0v) is 16.9. The lowest BCUT2D eigenvalue weighted by atomic mass is 10.1. The van der Waals surface area contributed by atoms with Crippen LogP contribution in [0.2, 0.25) is 5.02 Å². The van der Waals surface area contributed by atoms with Crippen LogP contribution in [-0.2, 0) is 11.3 Å². The minimum absolute atomic E-state index is 0.323. The normalized spacial score (nSPS) is 11.8. The van der Waals surface area contributed by atoms with Gasteiger partial charge in [-0.25, -0.2) is 14.5 Å². The van der Waals surface area contributed by atoms with Crippen molar-refractivity contribution in [2.45, 2.75) is 19.6 Å². The van der Waals surface area contributed by atoms with Crippen LogP contribution in [0.4, 0.5) is 0 Å². The summed E-state index contributed by atoms with van der Waals surface area (Å²) in [5.41, 5.74) is 3.36. The molecule has 0 bridgehead atoms. The number of nitrogens with zero attached hydrogens (tertiary/aromatic N) is 4. The van der Waals surface area contributed by atoms with E-state index < -0.39 is 12.1 Å². The van der Waals surface area contributed by atoms with Crippen LogP contribution >= 0.6 is 11.6 Å². The number of carbonyl (C=O) groups is 1. The van der Waals surface area contributed by atoms with Gasteiger partial charge < -0.3 is 4.74 Å². The van der Waals surface area contributed by atoms with Gasteiger partial charge in [0.2, 0.25) is 0 Å². The molecular weight excluding hydrogens is 400 g/mol. The third-order valence-electron chi connectivity index (χ3n) is 4.61. The van der Waals surface area contributed by atoms with Gasteiger partial charge in [-0.3, -0.25) is 0 Å². The fourth-order valence-corrected chi connectivity index (χ4v) is 3.23. The highest BCUT2D eigenvalue weighted by Gasteiger charge is 2.20. The second kappa shape index (κ2) is 8.36. The number of aromatic nitrogens is 3. The number of hydrogen-bond donors (Lipinski definition) is 0. The molecule has 0 saturated heterocycles. The van der Waals surface area contributed by atoms with Crippen LogP contribution in [-0.4, -0.2) is 26.8 Å². The van der Waals surface area contributed by atoms with E-state index in [9.17, 15) is 4.79 Å². The molecule has 148 valence electrons. The molecule has 2 heterocycles. The van der Waals surface area contributed by atoms with Crippen molar-refractivity contribution in [2.24, 2.45) is 0 Å². The van der Waals surface area contributed by atoms with Crippen LogP contribution < -0.4 is 0 Å². The fraction of sp³-hybridized carbons (Fsp3) is 0.130. The number of nitriles is 1. The van der Waals surface area contributed by atoms with Gasteiger partial charge in [-0.05, 0) is 30.7 Å². The molecule has 6 nitrogen and oxygen atoms in total. The summed E-state index contributed by atoms with van der Waals surface area (Å²) in [6.07, 6.45) is 0.741. The summed E-state index contributed by atoms with van der Waals surface area (Å²) in [5.74, 6) is -0.584. The van der Waals surface area contributed by atoms with Crippen molar-refractivity contribution in [2.75, 3.05) is 0 Å². The van der Waals surface area contributed by atoms with E-state index in [4.69, 9.17) is 26.6 Å². The van der Waals surface area contributed by atoms with Crippen molar-refractivity contribution in [3.8, 4) is 17.3 Å². The van der Waals surface area contributed by atoms with Gasteiger partial charge in [0.1, 0.15) is 6.07 Å². The van der Waals surface area contributed by atoms with Crippen molar-refractivity contribution < 1.29 is 9.53 Å². The molecule has 2 aromatic heterocycles. The number of rotatable bonds is 5. The van der Waals surface area contributed by atoms with Crippen molar-refractivity contribution in [3.05, 3.63) is 83.0 Å². The molecule has 0 unspecified atom stereocenters. The Balaban J connectivity index is 1.83. The molecule has 4 rings (SSSR count). The third-order valence-corrected chi connectivity index (χ3v) is 4.86. The highest BCUT2D eigenvalue weighted by atomic mass is 35.5. The van der Waals surface area contributed by atoms with Gasteiger partial charge in [-0.2, -0.15) is 10.4 Å². The van der Waals surface area contributed by atoms with Gasteiger partial charge in [-0.1, -0.05) is 54.1 Å². The molecule has 0 aliphatic heterocycles. The van der Waals surface area contributed by atoms with Gasteiger partial charge in [-0.15, -0.1) is 0 Å². The largest absolute Gasteiger partial charge is 0.444 e. The minimum Gasteiger partial charge on any atom is -0.444 e. The zero-order chi connectivity index (χ0) is 21.1. The number of pyridine rings is 1. The molecule has 0 fully saturated rings. The number of benzene rings is 2. The van der Waals surface area contributed by atoms with E-state index in [1.54, 1.807) is 16.9 Å². The lowest BCUT2D eigenvalue weighted by Crippen LogP contribution is -2.14. The molecule has 7 heteroatoms. The van der Waals surface area contributed by atoms with E-state index in [0.29, 0.717) is 33.9 Å². The Labute approximate surface area is 178 Å². The monoisotopic (exact) mass is 416 g/mol. The minimum atomic E-state index is -0.856. The van der Waals surface area contributed by atoms with Crippen LogP contribution in [0.1, 0.15) is 22.8 Å². The van der Waals surface area contributed by atoms with Crippen LogP contribution in [0.15, 0.2) is 66.9 Å². The summed E-state index contributed by atoms with van der Waals surface area (Å²) in [6, 6.07) is 20.6. The fourth-order valence-electron chi connectivity index (χ4n) is 3.10. The van der Waals surface area contributed by atoms with Gasteiger partial charge in [0, 0.05) is 10.6 Å². The quantitative estimate of drug-likeness (QED) is 0.433. The molecule has 0 spiro atoms. The molecule has 0 saturated carbocycles. The summed E-state index contributed by atoms with van der Waals surface area (Å²) < 4.78 is 6.98. The topological polar surface area (TPSA) is 80.8 Å². The lowest BCUT2D eigenvalue weighted by Gasteiger charge is -2.10. The Morgan fingerprint density at radius 2 is 1.93 bits per heavy atom. The van der Waals surface area contributed by atoms with Crippen molar-refractivity contribution in [3.63, 3.8) is 0 Å². The molecule has 0 N–H and O–H groups in total. The van der Waals surface area contributed by atoms with Crippen molar-refractivity contribution in [1.29, 1.82) is 5.26 Å². The van der Waals surface area contributed by atoms with Crippen molar-refractivity contribution >= 4 is 28.6 Å². The smallest absolute Gasteiger partial charge is 0.340 e. The van der Waals surface area contributed by atoms with Crippen LogP contribution in [0, 0.1) is 11.3 Å². The lowest BCUT2D eigenvalue weighted by molar-refractivity contribution is 0.0438. The average molecular weight is 417 g/mol. The maximum atomic E-state index is 12.8. The SMILES string of the molecule is C[C@H](C#N)OC(=O)c1cc(-c2ccccc2)nc2c1cnn2Cc1ccc(Cl)cc1. The van der Waals surface area contributed by atoms with Crippen LogP contribution in [0.3, 0.4) is 0 Å². The Hall–Kier alpha value is -3.69. The number of carbonyl (C=O) groups excluding carboxylic acids is 1.